The van der Waals surface area contributed by atoms with Crippen molar-refractivity contribution >= 4 is 40.2 Å². The summed E-state index contributed by atoms with van der Waals surface area (Å²) in [5.74, 6) is 1.55. The number of piperidine rings is 1. The molecule has 3 fully saturated rings. The molecule has 1 saturated carbocycles. The third-order valence-corrected chi connectivity index (χ3v) is 9.49. The van der Waals surface area contributed by atoms with Crippen LogP contribution in [0.5, 0.6) is 0 Å². The number of benzene rings is 2. The van der Waals surface area contributed by atoms with Crippen molar-refractivity contribution in [2.24, 2.45) is 5.92 Å². The van der Waals surface area contributed by atoms with E-state index in [1.54, 1.807) is 6.33 Å². The number of hydrogen-bond acceptors (Lipinski definition) is 8. The molecule has 45 heavy (non-hydrogen) atoms. The van der Waals surface area contributed by atoms with Gasteiger partial charge >= 0.3 is 0 Å². The second-order valence-electron chi connectivity index (χ2n) is 12.5. The lowest BCUT2D eigenvalue weighted by molar-refractivity contribution is -0.132. The van der Waals surface area contributed by atoms with Gasteiger partial charge < -0.3 is 30.3 Å². The lowest BCUT2D eigenvalue weighted by Gasteiger charge is -2.37. The molecule has 4 heterocycles. The van der Waals surface area contributed by atoms with Gasteiger partial charge in [-0.05, 0) is 74.5 Å². The van der Waals surface area contributed by atoms with E-state index in [0.717, 1.165) is 93.1 Å². The molecule has 0 spiro atoms. The number of carbonyl (C=O) groups excluding carboxylic acids is 2. The zero-order valence-corrected chi connectivity index (χ0v) is 25.6. The summed E-state index contributed by atoms with van der Waals surface area (Å²) in [5, 5.41) is 9.96. The van der Waals surface area contributed by atoms with E-state index >= 15 is 0 Å². The smallest absolute Gasteiger partial charge is 0.224 e. The van der Waals surface area contributed by atoms with Crippen LogP contribution < -0.4 is 20.9 Å². The molecule has 2 aromatic carbocycles. The first-order chi connectivity index (χ1) is 22.1. The highest BCUT2D eigenvalue weighted by Gasteiger charge is 2.33. The zero-order chi connectivity index (χ0) is 30.6. The van der Waals surface area contributed by atoms with Gasteiger partial charge in [0.25, 0.3) is 0 Å². The van der Waals surface area contributed by atoms with Crippen molar-refractivity contribution in [2.75, 3.05) is 49.5 Å². The summed E-state index contributed by atoms with van der Waals surface area (Å²) in [4.78, 5) is 43.4. The minimum Gasteiger partial charge on any atom is -0.368 e. The topological polar surface area (TPSA) is 120 Å². The average molecular weight is 608 g/mol. The van der Waals surface area contributed by atoms with Gasteiger partial charge in [0.1, 0.15) is 6.33 Å². The molecule has 7 rings (SSSR count). The van der Waals surface area contributed by atoms with Crippen LogP contribution in [0.4, 0.5) is 17.2 Å². The van der Waals surface area contributed by atoms with Gasteiger partial charge in [0.15, 0.2) is 17.0 Å². The lowest BCUT2D eigenvalue weighted by Crippen LogP contribution is -2.49. The Morgan fingerprint density at radius 1 is 0.889 bits per heavy atom. The van der Waals surface area contributed by atoms with E-state index in [1.165, 1.54) is 0 Å². The third-order valence-electron chi connectivity index (χ3n) is 9.49. The summed E-state index contributed by atoms with van der Waals surface area (Å²) in [6, 6.07) is 18.6. The predicted octanol–water partition coefficient (Wildman–Crippen LogP) is 3.67. The van der Waals surface area contributed by atoms with E-state index in [1.807, 2.05) is 41.6 Å². The molecule has 11 nitrogen and oxygen atoms in total. The SMILES string of the molecule is O=C(Cc1ccccc1)NC1CC(n2cnc3c(Nc4ccc(N5CCN(C(=O)CC6CCNCC6)CC5)cc4)ncnc32)C1. The minimum absolute atomic E-state index is 0.0558. The molecule has 2 amide bonds. The Labute approximate surface area is 263 Å². The van der Waals surface area contributed by atoms with Gasteiger partial charge in [-0.2, -0.15) is 0 Å². The molecule has 4 aromatic rings. The highest BCUT2D eigenvalue weighted by Crippen LogP contribution is 2.35. The number of hydrogen-bond donors (Lipinski definition) is 3. The summed E-state index contributed by atoms with van der Waals surface area (Å²) in [6.45, 7) is 5.28. The van der Waals surface area contributed by atoms with Gasteiger partial charge in [-0.1, -0.05) is 30.3 Å². The molecule has 3 N–H and O–H groups in total. The molecular weight excluding hydrogens is 566 g/mol. The van der Waals surface area contributed by atoms with Crippen LogP contribution in [0.25, 0.3) is 11.2 Å². The molecule has 11 heteroatoms. The van der Waals surface area contributed by atoms with E-state index in [-0.39, 0.29) is 18.0 Å². The Morgan fingerprint density at radius 3 is 2.40 bits per heavy atom. The van der Waals surface area contributed by atoms with Crippen LogP contribution in [0.2, 0.25) is 0 Å². The van der Waals surface area contributed by atoms with Crippen molar-refractivity contribution < 1.29 is 9.59 Å². The van der Waals surface area contributed by atoms with Crippen LogP contribution in [0.3, 0.4) is 0 Å². The molecule has 0 atom stereocenters. The van der Waals surface area contributed by atoms with Gasteiger partial charge in [0.2, 0.25) is 11.8 Å². The molecule has 0 unspecified atom stereocenters. The van der Waals surface area contributed by atoms with Crippen LogP contribution in [-0.4, -0.2) is 81.5 Å². The number of anilines is 3. The first-order valence-electron chi connectivity index (χ1n) is 16.2. The molecule has 0 radical (unpaired) electrons. The first kappa shape index (κ1) is 29.2. The molecule has 234 valence electrons. The number of aromatic nitrogens is 4. The van der Waals surface area contributed by atoms with Crippen LogP contribution >= 0.6 is 0 Å². The first-order valence-corrected chi connectivity index (χ1v) is 16.2. The summed E-state index contributed by atoms with van der Waals surface area (Å²) in [7, 11) is 0. The van der Waals surface area contributed by atoms with Crippen LogP contribution in [-0.2, 0) is 16.0 Å². The maximum atomic E-state index is 12.8. The van der Waals surface area contributed by atoms with Gasteiger partial charge in [0.05, 0.1) is 12.7 Å². The molecule has 2 saturated heterocycles. The number of imidazole rings is 1. The van der Waals surface area contributed by atoms with Crippen molar-refractivity contribution in [3.8, 4) is 0 Å². The predicted molar refractivity (Wildman–Crippen MR) is 174 cm³/mol. The molecule has 3 aliphatic rings. The van der Waals surface area contributed by atoms with Crippen LogP contribution in [0.1, 0.15) is 43.7 Å². The zero-order valence-electron chi connectivity index (χ0n) is 25.6. The molecule has 2 aliphatic heterocycles. The quantitative estimate of drug-likeness (QED) is 0.264. The highest BCUT2D eigenvalue weighted by molar-refractivity contribution is 5.85. The van der Waals surface area contributed by atoms with E-state index < -0.39 is 0 Å². The highest BCUT2D eigenvalue weighted by atomic mass is 16.2. The van der Waals surface area contributed by atoms with Crippen molar-refractivity contribution in [1.29, 1.82) is 0 Å². The monoisotopic (exact) mass is 607 g/mol. The molecule has 0 bridgehead atoms. The number of carbonyl (C=O) groups is 2. The molecule has 1 aliphatic carbocycles. The van der Waals surface area contributed by atoms with Crippen molar-refractivity contribution in [3.05, 3.63) is 72.8 Å². The van der Waals surface area contributed by atoms with E-state index in [2.05, 4.69) is 64.6 Å². The summed E-state index contributed by atoms with van der Waals surface area (Å²) < 4.78 is 2.10. The van der Waals surface area contributed by atoms with Crippen molar-refractivity contribution in [1.82, 2.24) is 35.1 Å². The number of nitrogens with zero attached hydrogens (tertiary/aromatic N) is 6. The number of piperazine rings is 1. The summed E-state index contributed by atoms with van der Waals surface area (Å²) >= 11 is 0. The standard InChI is InChI=1S/C34H41N9O2/c44-30(18-24-4-2-1-3-5-24)39-27-20-29(21-27)43-23-38-32-33(36-22-37-34(32)43)40-26-6-8-28(9-7-26)41-14-16-42(17-15-41)31(45)19-25-10-12-35-13-11-25/h1-9,22-23,25,27,29,35H,10-21H2,(H,39,44)(H,36,37,40). The van der Waals surface area contributed by atoms with E-state index in [9.17, 15) is 9.59 Å². The van der Waals surface area contributed by atoms with Crippen molar-refractivity contribution in [3.63, 3.8) is 0 Å². The number of fused-ring (bicyclic) bond motifs is 1. The Kier molecular flexibility index (Phi) is 8.59. The summed E-state index contributed by atoms with van der Waals surface area (Å²) in [6.07, 6.45) is 8.39. The second-order valence-corrected chi connectivity index (χ2v) is 12.5. The number of rotatable bonds is 9. The van der Waals surface area contributed by atoms with Crippen molar-refractivity contribution in [2.45, 2.75) is 50.6 Å². The van der Waals surface area contributed by atoms with Crippen LogP contribution in [0.15, 0.2) is 67.3 Å². The van der Waals surface area contributed by atoms with Gasteiger partial charge in [-0.25, -0.2) is 15.0 Å². The van der Waals surface area contributed by atoms with Crippen LogP contribution in [0, 0.1) is 5.92 Å². The fraction of sp³-hybridized carbons (Fsp3) is 0.441. The fourth-order valence-electron chi connectivity index (χ4n) is 6.77. The Balaban J connectivity index is 0.911. The normalized spacial score (nSPS) is 20.5. The van der Waals surface area contributed by atoms with Gasteiger partial charge in [0, 0.05) is 56.1 Å². The maximum Gasteiger partial charge on any atom is 0.224 e. The van der Waals surface area contributed by atoms with Gasteiger partial charge in [-0.15, -0.1) is 0 Å². The van der Waals surface area contributed by atoms with E-state index in [0.29, 0.717) is 30.5 Å². The Morgan fingerprint density at radius 2 is 1.64 bits per heavy atom. The number of nitrogens with one attached hydrogen (secondary N) is 3. The maximum absolute atomic E-state index is 12.8. The van der Waals surface area contributed by atoms with Gasteiger partial charge in [-0.3, -0.25) is 9.59 Å². The second kappa shape index (κ2) is 13.2. The number of amides is 2. The third kappa shape index (κ3) is 6.78. The molecule has 2 aromatic heterocycles. The lowest BCUT2D eigenvalue weighted by atomic mass is 9.86. The Bertz CT molecular complexity index is 1600. The molecular formula is C34H41N9O2. The minimum atomic E-state index is 0.0558. The average Bonchev–Trinajstić information content (AvgIpc) is 3.48. The fourth-order valence-corrected chi connectivity index (χ4v) is 6.77. The Hall–Kier alpha value is -4.51. The summed E-state index contributed by atoms with van der Waals surface area (Å²) in [5.41, 5.74) is 4.61. The van der Waals surface area contributed by atoms with E-state index in [4.69, 9.17) is 0 Å². The largest absolute Gasteiger partial charge is 0.368 e.